The zero-order chi connectivity index (χ0) is 12.8. The first-order valence-electron chi connectivity index (χ1n) is 5.61. The van der Waals surface area contributed by atoms with Gasteiger partial charge in [0.05, 0.1) is 6.61 Å². The minimum atomic E-state index is -0.654. The van der Waals surface area contributed by atoms with E-state index in [0.717, 1.165) is 0 Å². The first-order chi connectivity index (χ1) is 7.99. The van der Waals surface area contributed by atoms with Crippen LogP contribution in [0.3, 0.4) is 0 Å². The molecule has 4 heteroatoms. The lowest BCUT2D eigenvalue weighted by atomic mass is 10.2. The Kier molecular flexibility index (Phi) is 4.82. The van der Waals surface area contributed by atoms with Gasteiger partial charge in [0.25, 0.3) is 0 Å². The summed E-state index contributed by atoms with van der Waals surface area (Å²) < 4.78 is 10.4. The smallest absolute Gasteiger partial charge is 0.347 e. The molecule has 0 heterocycles. The molecule has 0 fully saturated rings. The minimum absolute atomic E-state index is 0.160. The van der Waals surface area contributed by atoms with Crippen LogP contribution >= 0.6 is 0 Å². The van der Waals surface area contributed by atoms with Gasteiger partial charge in [0, 0.05) is 0 Å². The molecule has 0 aliphatic rings. The van der Waals surface area contributed by atoms with E-state index in [1.54, 1.807) is 19.1 Å². The number of ether oxygens (including phenoxy) is 2. The third-order valence-electron chi connectivity index (χ3n) is 2.04. The zero-order valence-electron chi connectivity index (χ0n) is 10.3. The number of esters is 1. The van der Waals surface area contributed by atoms with Crippen molar-refractivity contribution in [2.45, 2.75) is 26.9 Å². The fraction of sp³-hybridized carbons (Fsp3) is 0.462. The second kappa shape index (κ2) is 6.13. The first-order valence-corrected chi connectivity index (χ1v) is 5.61. The van der Waals surface area contributed by atoms with E-state index in [4.69, 9.17) is 14.6 Å². The minimum Gasteiger partial charge on any atom is -0.508 e. The van der Waals surface area contributed by atoms with Crippen LogP contribution < -0.4 is 4.74 Å². The zero-order valence-corrected chi connectivity index (χ0v) is 10.3. The number of benzene rings is 1. The Labute approximate surface area is 101 Å². The molecule has 1 aromatic carbocycles. The van der Waals surface area contributed by atoms with Gasteiger partial charge in [-0.1, -0.05) is 13.8 Å². The van der Waals surface area contributed by atoms with Crippen molar-refractivity contribution in [2.24, 2.45) is 5.92 Å². The van der Waals surface area contributed by atoms with E-state index in [1.807, 2.05) is 13.8 Å². The summed E-state index contributed by atoms with van der Waals surface area (Å²) in [6, 6.07) is 6.20. The van der Waals surface area contributed by atoms with Gasteiger partial charge in [-0.05, 0) is 37.1 Å². The number of hydrogen-bond acceptors (Lipinski definition) is 4. The second-order valence-electron chi connectivity index (χ2n) is 4.28. The summed E-state index contributed by atoms with van der Waals surface area (Å²) in [7, 11) is 0. The third kappa shape index (κ3) is 4.76. The number of hydrogen-bond donors (Lipinski definition) is 1. The fourth-order valence-electron chi connectivity index (χ4n) is 1.14. The van der Waals surface area contributed by atoms with Crippen LogP contribution in [0, 0.1) is 5.92 Å². The predicted octanol–water partition coefficient (Wildman–Crippen LogP) is 2.36. The maximum absolute atomic E-state index is 11.5. The summed E-state index contributed by atoms with van der Waals surface area (Å²) in [4.78, 5) is 11.5. The first kappa shape index (κ1) is 13.4. The van der Waals surface area contributed by atoms with Crippen LogP contribution in [0.5, 0.6) is 11.5 Å². The fourth-order valence-corrected chi connectivity index (χ4v) is 1.14. The van der Waals surface area contributed by atoms with Gasteiger partial charge in [0.2, 0.25) is 0 Å². The SMILES string of the molecule is CC(C)COC(=O)C(C)Oc1ccc(O)cc1. The Morgan fingerprint density at radius 1 is 1.24 bits per heavy atom. The van der Waals surface area contributed by atoms with Gasteiger partial charge >= 0.3 is 5.97 Å². The molecular weight excluding hydrogens is 220 g/mol. The van der Waals surface area contributed by atoms with E-state index in [1.165, 1.54) is 12.1 Å². The van der Waals surface area contributed by atoms with Crippen LogP contribution in [0.2, 0.25) is 0 Å². The number of phenolic OH excluding ortho intramolecular Hbond substituents is 1. The molecule has 1 N–H and O–H groups in total. The number of phenols is 1. The number of carbonyl (C=O) groups excluding carboxylic acids is 1. The van der Waals surface area contributed by atoms with Crippen LogP contribution in [-0.4, -0.2) is 23.8 Å². The van der Waals surface area contributed by atoms with Crippen molar-refractivity contribution in [3.8, 4) is 11.5 Å². The van der Waals surface area contributed by atoms with Gasteiger partial charge in [-0.3, -0.25) is 0 Å². The molecule has 0 aliphatic carbocycles. The van der Waals surface area contributed by atoms with Gasteiger partial charge in [0.15, 0.2) is 6.10 Å². The standard InChI is InChI=1S/C13H18O4/c1-9(2)8-16-13(15)10(3)17-12-6-4-11(14)5-7-12/h4-7,9-10,14H,8H2,1-3H3. The van der Waals surface area contributed by atoms with Gasteiger partial charge in [-0.15, -0.1) is 0 Å². The van der Waals surface area contributed by atoms with Crippen molar-refractivity contribution in [1.82, 2.24) is 0 Å². The van der Waals surface area contributed by atoms with Crippen LogP contribution in [0.1, 0.15) is 20.8 Å². The van der Waals surface area contributed by atoms with Crippen molar-refractivity contribution in [3.05, 3.63) is 24.3 Å². The van der Waals surface area contributed by atoms with E-state index >= 15 is 0 Å². The molecule has 17 heavy (non-hydrogen) atoms. The van der Waals surface area contributed by atoms with Crippen molar-refractivity contribution >= 4 is 5.97 Å². The molecule has 0 saturated carbocycles. The normalized spacial score (nSPS) is 12.2. The highest BCUT2D eigenvalue weighted by molar-refractivity contribution is 5.74. The molecule has 1 rings (SSSR count). The Morgan fingerprint density at radius 2 is 1.82 bits per heavy atom. The van der Waals surface area contributed by atoms with Crippen molar-refractivity contribution in [3.63, 3.8) is 0 Å². The molecule has 0 amide bonds. The molecule has 94 valence electrons. The van der Waals surface area contributed by atoms with Gasteiger partial charge in [-0.2, -0.15) is 0 Å². The lowest BCUT2D eigenvalue weighted by Crippen LogP contribution is -2.27. The molecule has 0 aliphatic heterocycles. The molecule has 0 radical (unpaired) electrons. The van der Waals surface area contributed by atoms with Crippen LogP contribution in [0.25, 0.3) is 0 Å². The summed E-state index contributed by atoms with van der Waals surface area (Å²) in [6.07, 6.45) is -0.654. The summed E-state index contributed by atoms with van der Waals surface area (Å²) in [5.74, 6) is 0.607. The average Bonchev–Trinajstić information content (AvgIpc) is 2.28. The highest BCUT2D eigenvalue weighted by Gasteiger charge is 2.16. The van der Waals surface area contributed by atoms with E-state index in [2.05, 4.69) is 0 Å². The summed E-state index contributed by atoms with van der Waals surface area (Å²) in [5, 5.41) is 9.10. The summed E-state index contributed by atoms with van der Waals surface area (Å²) >= 11 is 0. The maximum atomic E-state index is 11.5. The average molecular weight is 238 g/mol. The lowest BCUT2D eigenvalue weighted by molar-refractivity contribution is -0.152. The molecule has 1 aromatic rings. The number of aromatic hydroxyl groups is 1. The maximum Gasteiger partial charge on any atom is 0.347 e. The van der Waals surface area contributed by atoms with Crippen LogP contribution in [-0.2, 0) is 9.53 Å². The topological polar surface area (TPSA) is 55.8 Å². The van der Waals surface area contributed by atoms with E-state index in [-0.39, 0.29) is 11.7 Å². The van der Waals surface area contributed by atoms with Gasteiger partial charge in [-0.25, -0.2) is 4.79 Å². The second-order valence-corrected chi connectivity index (χ2v) is 4.28. The molecule has 4 nitrogen and oxygen atoms in total. The Hall–Kier alpha value is -1.71. The largest absolute Gasteiger partial charge is 0.508 e. The quantitative estimate of drug-likeness (QED) is 0.800. The molecule has 1 unspecified atom stereocenters. The van der Waals surface area contributed by atoms with Gasteiger partial charge < -0.3 is 14.6 Å². The summed E-state index contributed by atoms with van der Waals surface area (Å²) in [5.41, 5.74) is 0. The van der Waals surface area contributed by atoms with Crippen LogP contribution in [0.15, 0.2) is 24.3 Å². The van der Waals surface area contributed by atoms with Crippen molar-refractivity contribution in [2.75, 3.05) is 6.61 Å². The molecule has 0 bridgehead atoms. The third-order valence-corrected chi connectivity index (χ3v) is 2.04. The molecular formula is C13H18O4. The summed E-state index contributed by atoms with van der Waals surface area (Å²) in [6.45, 7) is 5.97. The molecule has 0 saturated heterocycles. The highest BCUT2D eigenvalue weighted by Crippen LogP contribution is 2.17. The number of carbonyl (C=O) groups is 1. The Bertz CT molecular complexity index is 356. The molecule has 0 spiro atoms. The predicted molar refractivity (Wildman–Crippen MR) is 64.0 cm³/mol. The van der Waals surface area contributed by atoms with Crippen molar-refractivity contribution in [1.29, 1.82) is 0 Å². The van der Waals surface area contributed by atoms with E-state index < -0.39 is 6.10 Å². The van der Waals surface area contributed by atoms with Crippen molar-refractivity contribution < 1.29 is 19.4 Å². The molecule has 1 atom stereocenters. The number of rotatable bonds is 5. The highest BCUT2D eigenvalue weighted by atomic mass is 16.6. The van der Waals surface area contributed by atoms with E-state index in [9.17, 15) is 4.79 Å². The van der Waals surface area contributed by atoms with E-state index in [0.29, 0.717) is 18.3 Å². The monoisotopic (exact) mass is 238 g/mol. The molecule has 0 aromatic heterocycles. The Balaban J connectivity index is 2.45. The van der Waals surface area contributed by atoms with Crippen LogP contribution in [0.4, 0.5) is 0 Å². The van der Waals surface area contributed by atoms with Gasteiger partial charge in [0.1, 0.15) is 11.5 Å². The Morgan fingerprint density at radius 3 is 2.35 bits per heavy atom. The lowest BCUT2D eigenvalue weighted by Gasteiger charge is -2.14.